The van der Waals surface area contributed by atoms with Gasteiger partial charge in [0, 0.05) is 31.1 Å². The lowest BCUT2D eigenvalue weighted by atomic mass is 9.91. The van der Waals surface area contributed by atoms with Gasteiger partial charge in [-0.1, -0.05) is 11.6 Å². The van der Waals surface area contributed by atoms with E-state index in [1.807, 2.05) is 4.90 Å². The molecule has 1 aromatic heterocycles. The first-order valence-corrected chi connectivity index (χ1v) is 12.0. The van der Waals surface area contributed by atoms with Crippen molar-refractivity contribution in [2.24, 2.45) is 0 Å². The SMILES string of the molecule is O=C(NC1CC1)NC1CCC(NC(=O)O[C@@H]2CCN(c3cnn(CCO)c(=O)c3Cl)C2)CC1. The van der Waals surface area contributed by atoms with E-state index in [0.29, 0.717) is 31.2 Å². The lowest BCUT2D eigenvalue weighted by molar-refractivity contribution is 0.102. The third-order valence-electron chi connectivity index (χ3n) is 6.33. The number of aliphatic hydroxyl groups excluding tert-OH is 1. The predicted molar refractivity (Wildman–Crippen MR) is 122 cm³/mol. The lowest BCUT2D eigenvalue weighted by Gasteiger charge is -2.29. The zero-order chi connectivity index (χ0) is 23.4. The summed E-state index contributed by atoms with van der Waals surface area (Å²) in [6.07, 6.45) is 6.67. The van der Waals surface area contributed by atoms with E-state index in [0.717, 1.165) is 43.2 Å². The minimum Gasteiger partial charge on any atom is -0.444 e. The number of urea groups is 1. The van der Waals surface area contributed by atoms with Gasteiger partial charge in [0.25, 0.3) is 5.56 Å². The average Bonchev–Trinajstić information content (AvgIpc) is 3.48. The van der Waals surface area contributed by atoms with Crippen LogP contribution in [0.25, 0.3) is 0 Å². The third-order valence-corrected chi connectivity index (χ3v) is 6.69. The second-order valence-corrected chi connectivity index (χ2v) is 9.32. The number of nitrogens with zero attached hydrogens (tertiary/aromatic N) is 3. The van der Waals surface area contributed by atoms with Gasteiger partial charge in [-0.05, 0) is 38.5 Å². The number of hydrogen-bond donors (Lipinski definition) is 4. The van der Waals surface area contributed by atoms with E-state index in [1.165, 1.54) is 6.20 Å². The molecule has 11 nitrogen and oxygen atoms in total. The molecular formula is C21H31ClN6O5. The normalized spacial score (nSPS) is 24.9. The van der Waals surface area contributed by atoms with Crippen LogP contribution >= 0.6 is 11.6 Å². The molecule has 2 heterocycles. The third kappa shape index (κ3) is 6.29. The number of halogens is 1. The van der Waals surface area contributed by atoms with Gasteiger partial charge >= 0.3 is 12.1 Å². The smallest absolute Gasteiger partial charge is 0.407 e. The van der Waals surface area contributed by atoms with Crippen LogP contribution in [0, 0.1) is 0 Å². The van der Waals surface area contributed by atoms with E-state index in [4.69, 9.17) is 21.4 Å². The summed E-state index contributed by atoms with van der Waals surface area (Å²) in [5.41, 5.74) is 0.0411. The van der Waals surface area contributed by atoms with Gasteiger partial charge in [0.15, 0.2) is 0 Å². The molecule has 4 rings (SSSR count). The molecule has 1 saturated heterocycles. The maximum Gasteiger partial charge on any atom is 0.407 e. The molecule has 3 amide bonds. The first kappa shape index (κ1) is 23.6. The average molecular weight is 483 g/mol. The summed E-state index contributed by atoms with van der Waals surface area (Å²) < 4.78 is 6.71. The van der Waals surface area contributed by atoms with E-state index in [1.54, 1.807) is 0 Å². The fourth-order valence-corrected chi connectivity index (χ4v) is 4.61. The van der Waals surface area contributed by atoms with E-state index in [-0.39, 0.29) is 42.4 Å². The molecule has 12 heteroatoms. The summed E-state index contributed by atoms with van der Waals surface area (Å²) >= 11 is 6.22. The molecule has 182 valence electrons. The summed E-state index contributed by atoms with van der Waals surface area (Å²) in [4.78, 5) is 38.4. The molecule has 0 unspecified atom stereocenters. The van der Waals surface area contributed by atoms with Crippen molar-refractivity contribution in [3.05, 3.63) is 21.6 Å². The van der Waals surface area contributed by atoms with Gasteiger partial charge < -0.3 is 30.7 Å². The standard InChI is InChI=1S/C21H31ClN6O5/c22-18-17(11-23-28(9-10-29)19(18)30)27-8-7-16(12-27)33-21(32)26-15-5-3-14(4-6-15)25-20(31)24-13-1-2-13/h11,13-16,29H,1-10,12H2,(H,26,32)(H2,24,25,31)/t14?,15?,16-/m1/s1. The number of rotatable bonds is 7. The minimum absolute atomic E-state index is 0.0253. The number of nitrogens with one attached hydrogen (secondary N) is 3. The second kappa shape index (κ2) is 10.6. The van der Waals surface area contributed by atoms with Crippen molar-refractivity contribution in [2.75, 3.05) is 24.6 Å². The molecule has 2 aliphatic carbocycles. The Morgan fingerprint density at radius 2 is 1.67 bits per heavy atom. The predicted octanol–water partition coefficient (Wildman–Crippen LogP) is 0.967. The Morgan fingerprint density at radius 3 is 2.27 bits per heavy atom. The monoisotopic (exact) mass is 482 g/mol. The van der Waals surface area contributed by atoms with Crippen molar-refractivity contribution in [2.45, 2.75) is 75.7 Å². The number of amides is 3. The summed E-state index contributed by atoms with van der Waals surface area (Å²) in [6.45, 7) is 0.884. The van der Waals surface area contributed by atoms with E-state index < -0.39 is 11.7 Å². The second-order valence-electron chi connectivity index (χ2n) is 8.94. The van der Waals surface area contributed by atoms with E-state index >= 15 is 0 Å². The number of aliphatic hydroxyl groups is 1. The molecule has 3 aliphatic rings. The Bertz CT molecular complexity index is 915. The van der Waals surface area contributed by atoms with Crippen molar-refractivity contribution in [1.82, 2.24) is 25.7 Å². The highest BCUT2D eigenvalue weighted by Gasteiger charge is 2.30. The van der Waals surface area contributed by atoms with Gasteiger partial charge in [0.1, 0.15) is 11.1 Å². The zero-order valence-corrected chi connectivity index (χ0v) is 19.2. The summed E-state index contributed by atoms with van der Waals surface area (Å²) in [5, 5.41) is 22.0. The van der Waals surface area contributed by atoms with Crippen LogP contribution in [0.15, 0.2) is 11.0 Å². The molecule has 0 bridgehead atoms. The Balaban J connectivity index is 1.19. The highest BCUT2D eigenvalue weighted by molar-refractivity contribution is 6.33. The van der Waals surface area contributed by atoms with Gasteiger partial charge in [0.05, 0.1) is 31.6 Å². The molecule has 2 saturated carbocycles. The molecule has 0 spiro atoms. The molecule has 3 fully saturated rings. The van der Waals surface area contributed by atoms with Gasteiger partial charge in [-0.2, -0.15) is 5.10 Å². The van der Waals surface area contributed by atoms with Crippen LogP contribution in [0.1, 0.15) is 44.9 Å². The van der Waals surface area contributed by atoms with Crippen LogP contribution < -0.4 is 26.4 Å². The Hall–Kier alpha value is -2.53. The topological polar surface area (TPSA) is 138 Å². The van der Waals surface area contributed by atoms with Crippen molar-refractivity contribution in [3.63, 3.8) is 0 Å². The van der Waals surface area contributed by atoms with Crippen LogP contribution in [0.2, 0.25) is 5.02 Å². The number of carbonyl (C=O) groups is 2. The van der Waals surface area contributed by atoms with Crippen LogP contribution in [-0.2, 0) is 11.3 Å². The molecule has 1 aromatic rings. The van der Waals surface area contributed by atoms with Crippen molar-refractivity contribution in [1.29, 1.82) is 0 Å². The molecular weight excluding hydrogens is 452 g/mol. The van der Waals surface area contributed by atoms with Gasteiger partial charge in [-0.3, -0.25) is 4.79 Å². The largest absolute Gasteiger partial charge is 0.444 e. The number of carbonyl (C=O) groups excluding carboxylic acids is 2. The highest BCUT2D eigenvalue weighted by Crippen LogP contribution is 2.26. The minimum atomic E-state index is -0.458. The van der Waals surface area contributed by atoms with Gasteiger partial charge in [0.2, 0.25) is 0 Å². The Kier molecular flexibility index (Phi) is 7.59. The number of alkyl carbamates (subject to hydrolysis) is 1. The summed E-state index contributed by atoms with van der Waals surface area (Å²) in [7, 11) is 0. The quantitative estimate of drug-likeness (QED) is 0.454. The molecule has 33 heavy (non-hydrogen) atoms. The molecule has 1 atom stereocenters. The van der Waals surface area contributed by atoms with Gasteiger partial charge in [-0.15, -0.1) is 0 Å². The van der Waals surface area contributed by atoms with Crippen molar-refractivity contribution >= 4 is 29.4 Å². The highest BCUT2D eigenvalue weighted by atomic mass is 35.5. The maximum absolute atomic E-state index is 12.4. The molecule has 0 radical (unpaired) electrons. The Morgan fingerprint density at radius 1 is 1.06 bits per heavy atom. The van der Waals surface area contributed by atoms with Crippen molar-refractivity contribution in [3.8, 4) is 0 Å². The summed E-state index contributed by atoms with van der Waals surface area (Å²) in [5.74, 6) is 0. The zero-order valence-electron chi connectivity index (χ0n) is 18.5. The van der Waals surface area contributed by atoms with E-state index in [2.05, 4.69) is 21.0 Å². The first-order chi connectivity index (χ1) is 15.9. The number of anilines is 1. The number of aromatic nitrogens is 2. The van der Waals surface area contributed by atoms with Crippen LogP contribution in [0.4, 0.5) is 15.3 Å². The van der Waals surface area contributed by atoms with Crippen LogP contribution in [0.5, 0.6) is 0 Å². The molecule has 4 N–H and O–H groups in total. The number of ether oxygens (including phenoxy) is 1. The summed E-state index contributed by atoms with van der Waals surface area (Å²) in [6, 6.07) is 0.397. The van der Waals surface area contributed by atoms with Crippen LogP contribution in [-0.4, -0.2) is 70.9 Å². The van der Waals surface area contributed by atoms with Crippen molar-refractivity contribution < 1.29 is 19.4 Å². The lowest BCUT2D eigenvalue weighted by Crippen LogP contribution is -2.47. The van der Waals surface area contributed by atoms with E-state index in [9.17, 15) is 14.4 Å². The fourth-order valence-electron chi connectivity index (χ4n) is 4.35. The first-order valence-electron chi connectivity index (χ1n) is 11.6. The number of hydrogen-bond acceptors (Lipinski definition) is 7. The fraction of sp³-hybridized carbons (Fsp3) is 0.714. The van der Waals surface area contributed by atoms with Crippen LogP contribution in [0.3, 0.4) is 0 Å². The van der Waals surface area contributed by atoms with Gasteiger partial charge in [-0.25, -0.2) is 14.3 Å². The molecule has 0 aromatic carbocycles. The molecule has 1 aliphatic heterocycles. The maximum atomic E-state index is 12.4. The Labute approximate surface area is 196 Å².